The Kier molecular flexibility index (Phi) is 3.19. The highest BCUT2D eigenvalue weighted by Gasteiger charge is 2.53. The normalized spacial score (nSPS) is 16.4. The molecule has 6 nitrogen and oxygen atoms in total. The van der Waals surface area contributed by atoms with Crippen molar-refractivity contribution in [2.75, 3.05) is 7.05 Å². The van der Waals surface area contributed by atoms with E-state index in [9.17, 15) is 4.79 Å². The average Bonchev–Trinajstić information content (AvgIpc) is 3.19. The van der Waals surface area contributed by atoms with Crippen LogP contribution in [0.1, 0.15) is 28.9 Å². The maximum Gasteiger partial charge on any atom is 0.273 e. The second-order valence-electron chi connectivity index (χ2n) is 7.69. The summed E-state index contributed by atoms with van der Waals surface area (Å²) in [5.41, 5.74) is 5.05. The molecule has 29 heavy (non-hydrogen) atoms. The van der Waals surface area contributed by atoms with Crippen LogP contribution in [0.2, 0.25) is 0 Å². The van der Waals surface area contributed by atoms with E-state index in [1.165, 1.54) is 6.39 Å². The number of amides is 1. The van der Waals surface area contributed by atoms with Crippen molar-refractivity contribution in [2.24, 2.45) is 0 Å². The minimum absolute atomic E-state index is 0.00500. The van der Waals surface area contributed by atoms with Gasteiger partial charge in [0.2, 0.25) is 0 Å². The lowest BCUT2D eigenvalue weighted by atomic mass is 9.99. The van der Waals surface area contributed by atoms with Crippen LogP contribution in [0.3, 0.4) is 0 Å². The summed E-state index contributed by atoms with van der Waals surface area (Å²) in [4.78, 5) is 19.3. The molecule has 4 aromatic rings. The van der Waals surface area contributed by atoms with Gasteiger partial charge in [-0.1, -0.05) is 42.5 Å². The maximum absolute atomic E-state index is 13.4. The summed E-state index contributed by atoms with van der Waals surface area (Å²) in [6.07, 6.45) is 5.04. The minimum atomic E-state index is -0.250. The van der Waals surface area contributed by atoms with Crippen molar-refractivity contribution in [3.05, 3.63) is 78.4 Å². The highest BCUT2D eigenvalue weighted by Crippen LogP contribution is 2.54. The van der Waals surface area contributed by atoms with Gasteiger partial charge in [0, 0.05) is 23.7 Å². The molecule has 142 valence electrons. The fourth-order valence-corrected chi connectivity index (χ4v) is 4.35. The number of nitrogens with zero attached hydrogens (tertiary/aromatic N) is 4. The number of hydrogen-bond acceptors (Lipinski definition) is 4. The molecular weight excluding hydrogens is 364 g/mol. The molecule has 3 heterocycles. The van der Waals surface area contributed by atoms with E-state index in [2.05, 4.69) is 11.1 Å². The Morgan fingerprint density at radius 2 is 1.86 bits per heavy atom. The molecule has 6 rings (SSSR count). The van der Waals surface area contributed by atoms with Crippen LogP contribution in [-0.4, -0.2) is 32.6 Å². The summed E-state index contributed by atoms with van der Waals surface area (Å²) in [7, 11) is 1.90. The molecule has 1 spiro atoms. The largest absolute Gasteiger partial charge is 0.444 e. The maximum atomic E-state index is 13.4. The minimum Gasteiger partial charge on any atom is -0.444 e. The molecule has 2 aliphatic rings. The van der Waals surface area contributed by atoms with Crippen molar-refractivity contribution >= 4 is 5.91 Å². The van der Waals surface area contributed by atoms with Gasteiger partial charge in [-0.3, -0.25) is 4.79 Å². The zero-order valence-corrected chi connectivity index (χ0v) is 15.9. The molecule has 6 heteroatoms. The van der Waals surface area contributed by atoms with Crippen molar-refractivity contribution in [2.45, 2.75) is 18.4 Å². The first-order valence-electron chi connectivity index (χ1n) is 9.65. The van der Waals surface area contributed by atoms with Crippen molar-refractivity contribution in [1.82, 2.24) is 19.7 Å². The van der Waals surface area contributed by atoms with Gasteiger partial charge in [-0.25, -0.2) is 9.67 Å². The molecule has 1 aliphatic heterocycles. The van der Waals surface area contributed by atoms with Gasteiger partial charge in [0.1, 0.15) is 5.69 Å². The molecule has 1 fully saturated rings. The fraction of sp³-hybridized carbons (Fsp3) is 0.174. The van der Waals surface area contributed by atoms with Crippen LogP contribution in [-0.2, 0) is 5.54 Å². The van der Waals surface area contributed by atoms with Crippen LogP contribution in [0.25, 0.3) is 28.3 Å². The quantitative estimate of drug-likeness (QED) is 0.519. The van der Waals surface area contributed by atoms with Gasteiger partial charge in [0.15, 0.2) is 12.2 Å². The first-order chi connectivity index (χ1) is 14.2. The third-order valence-corrected chi connectivity index (χ3v) is 6.11. The number of carbonyl (C=O) groups excluding carboxylic acids is 1. The summed E-state index contributed by atoms with van der Waals surface area (Å²) < 4.78 is 7.29. The molecule has 0 radical (unpaired) electrons. The highest BCUT2D eigenvalue weighted by molar-refractivity contribution is 5.96. The Labute approximate surface area is 167 Å². The van der Waals surface area contributed by atoms with E-state index in [4.69, 9.17) is 9.52 Å². The molecule has 1 saturated carbocycles. The van der Waals surface area contributed by atoms with Gasteiger partial charge in [-0.15, -0.1) is 0 Å². The van der Waals surface area contributed by atoms with Crippen molar-refractivity contribution in [3.63, 3.8) is 0 Å². The Balaban J connectivity index is 1.61. The van der Waals surface area contributed by atoms with Crippen LogP contribution < -0.4 is 0 Å². The van der Waals surface area contributed by atoms with E-state index in [0.717, 1.165) is 40.9 Å². The number of hydrogen-bond donors (Lipinski definition) is 0. The van der Waals surface area contributed by atoms with Crippen molar-refractivity contribution in [1.29, 1.82) is 0 Å². The number of oxazole rings is 1. The summed E-state index contributed by atoms with van der Waals surface area (Å²) in [6.45, 7) is 0. The van der Waals surface area contributed by atoms with Gasteiger partial charge < -0.3 is 9.32 Å². The third-order valence-electron chi connectivity index (χ3n) is 6.11. The van der Waals surface area contributed by atoms with Gasteiger partial charge in [0.05, 0.1) is 23.1 Å². The first kappa shape index (κ1) is 16.3. The van der Waals surface area contributed by atoms with Crippen molar-refractivity contribution in [3.8, 4) is 28.3 Å². The molecule has 0 N–H and O–H groups in total. The zero-order valence-electron chi connectivity index (χ0n) is 15.9. The van der Waals surface area contributed by atoms with E-state index in [1.807, 2.05) is 60.5 Å². The van der Waals surface area contributed by atoms with Crippen LogP contribution in [0, 0.1) is 0 Å². The van der Waals surface area contributed by atoms with Gasteiger partial charge in [-0.05, 0) is 25.0 Å². The molecule has 2 aromatic heterocycles. The van der Waals surface area contributed by atoms with E-state index >= 15 is 0 Å². The predicted molar refractivity (Wildman–Crippen MR) is 108 cm³/mol. The number of benzene rings is 2. The molecule has 1 amide bonds. The smallest absolute Gasteiger partial charge is 0.273 e. The van der Waals surface area contributed by atoms with Gasteiger partial charge in [0.25, 0.3) is 5.91 Å². The number of aromatic nitrogens is 3. The van der Waals surface area contributed by atoms with Crippen LogP contribution in [0.15, 0.2) is 71.6 Å². The van der Waals surface area contributed by atoms with Crippen LogP contribution >= 0.6 is 0 Å². The fourth-order valence-electron chi connectivity index (χ4n) is 4.35. The highest BCUT2D eigenvalue weighted by atomic mass is 16.3. The molecule has 2 aromatic carbocycles. The predicted octanol–water partition coefficient (Wildman–Crippen LogP) is 4.27. The Morgan fingerprint density at radius 1 is 1.03 bits per heavy atom. The number of carbonyl (C=O) groups is 1. The summed E-state index contributed by atoms with van der Waals surface area (Å²) in [6, 6.07) is 18.0. The lowest BCUT2D eigenvalue weighted by Gasteiger charge is -2.27. The van der Waals surface area contributed by atoms with Crippen LogP contribution in [0.5, 0.6) is 0 Å². The Bertz CT molecular complexity index is 1240. The zero-order chi connectivity index (χ0) is 19.6. The Morgan fingerprint density at radius 3 is 2.59 bits per heavy atom. The second-order valence-corrected chi connectivity index (χ2v) is 7.69. The standard InChI is InChI=1S/C23H18N4O2/c1-26-22(28)20-12-18(15-5-3-2-4-6-15)25-27(20)19-11-16(21-13-24-14-29-21)7-8-17(19)23(26)9-10-23/h2-8,11-14H,9-10H2,1H3. The lowest BCUT2D eigenvalue weighted by Crippen LogP contribution is -2.36. The molecule has 1 aliphatic carbocycles. The van der Waals surface area contributed by atoms with E-state index in [1.54, 1.807) is 10.9 Å². The average molecular weight is 382 g/mol. The van der Waals surface area contributed by atoms with E-state index in [0.29, 0.717) is 11.5 Å². The SMILES string of the molecule is CN1C(=O)c2cc(-c3ccccc3)nn2-c2cc(-c3cnco3)ccc2C12CC2. The summed E-state index contributed by atoms with van der Waals surface area (Å²) in [5.74, 6) is 0.688. The van der Waals surface area contributed by atoms with Crippen molar-refractivity contribution < 1.29 is 9.21 Å². The van der Waals surface area contributed by atoms with E-state index < -0.39 is 0 Å². The lowest BCUT2D eigenvalue weighted by molar-refractivity contribution is 0.0704. The summed E-state index contributed by atoms with van der Waals surface area (Å²) in [5, 5.41) is 4.85. The first-order valence-corrected chi connectivity index (χ1v) is 9.65. The molecular formula is C23H18N4O2. The topological polar surface area (TPSA) is 64.2 Å². The van der Waals surface area contributed by atoms with Crippen LogP contribution in [0.4, 0.5) is 0 Å². The summed E-state index contributed by atoms with van der Waals surface area (Å²) >= 11 is 0. The third kappa shape index (κ3) is 2.26. The Hall–Kier alpha value is -3.67. The molecule has 0 bridgehead atoms. The number of rotatable bonds is 2. The molecule has 0 saturated heterocycles. The van der Waals surface area contributed by atoms with Gasteiger partial charge in [-0.2, -0.15) is 5.10 Å². The van der Waals surface area contributed by atoms with Gasteiger partial charge >= 0.3 is 0 Å². The monoisotopic (exact) mass is 382 g/mol. The molecule has 0 unspecified atom stereocenters. The molecule has 0 atom stereocenters. The number of fused-ring (bicyclic) bond motifs is 4. The van der Waals surface area contributed by atoms with E-state index in [-0.39, 0.29) is 11.4 Å². The second kappa shape index (κ2) is 5.67.